The van der Waals surface area contributed by atoms with Gasteiger partial charge in [-0.3, -0.25) is 4.79 Å². The molecule has 0 radical (unpaired) electrons. The molecule has 1 aromatic rings. The summed E-state index contributed by atoms with van der Waals surface area (Å²) in [6.07, 6.45) is -9.04. The van der Waals surface area contributed by atoms with E-state index < -0.39 is 29.4 Å². The molecule has 0 spiro atoms. The molecule has 2 N–H and O–H groups in total. The largest absolute Gasteiger partial charge is 0.493 e. The lowest BCUT2D eigenvalue weighted by Gasteiger charge is -2.38. The molecule has 0 aromatic heterocycles. The van der Waals surface area contributed by atoms with Gasteiger partial charge in [0.2, 0.25) is 5.91 Å². The van der Waals surface area contributed by atoms with Crippen LogP contribution in [0.4, 0.5) is 26.3 Å². The fourth-order valence-electron chi connectivity index (χ4n) is 2.55. The number of amides is 1. The molecule has 1 aromatic carbocycles. The van der Waals surface area contributed by atoms with Gasteiger partial charge in [0.1, 0.15) is 5.75 Å². The van der Waals surface area contributed by atoms with Gasteiger partial charge in [-0.2, -0.15) is 26.3 Å². The highest BCUT2D eigenvalue weighted by atomic mass is 19.4. The van der Waals surface area contributed by atoms with Crippen molar-refractivity contribution in [1.82, 2.24) is 10.2 Å². The summed E-state index contributed by atoms with van der Waals surface area (Å²) in [5, 5.41) is 10.3. The molecule has 0 saturated carbocycles. The molecule has 1 heterocycles. The monoisotopic (exact) mass is 444 g/mol. The maximum atomic E-state index is 12.8. The zero-order valence-corrected chi connectivity index (χ0v) is 16.2. The van der Waals surface area contributed by atoms with Crippen LogP contribution in [0.5, 0.6) is 5.75 Å². The van der Waals surface area contributed by atoms with Gasteiger partial charge in [-0.25, -0.2) is 4.79 Å². The third-order valence-corrected chi connectivity index (χ3v) is 4.04. The van der Waals surface area contributed by atoms with Crippen molar-refractivity contribution < 1.29 is 45.8 Å². The first kappa shape index (κ1) is 25.5. The number of carboxylic acid groups (broad SMARTS) is 1. The first-order valence-electron chi connectivity index (χ1n) is 8.80. The van der Waals surface area contributed by atoms with E-state index in [1.165, 1.54) is 18.2 Å². The molecule has 0 bridgehead atoms. The Hall–Kier alpha value is -2.50. The van der Waals surface area contributed by atoms with Crippen LogP contribution in [0, 0.1) is 0 Å². The fourth-order valence-corrected chi connectivity index (χ4v) is 2.55. The van der Waals surface area contributed by atoms with E-state index in [-0.39, 0.29) is 18.3 Å². The third kappa shape index (κ3) is 7.73. The van der Waals surface area contributed by atoms with E-state index >= 15 is 0 Å². The van der Waals surface area contributed by atoms with E-state index in [1.807, 2.05) is 13.8 Å². The van der Waals surface area contributed by atoms with Gasteiger partial charge in [0.25, 0.3) is 0 Å². The lowest BCUT2D eigenvalue weighted by atomic mass is 10.0. The molecule has 1 saturated heterocycles. The lowest BCUT2D eigenvalue weighted by Crippen LogP contribution is -2.61. The minimum atomic E-state index is -5.08. The van der Waals surface area contributed by atoms with Crippen LogP contribution >= 0.6 is 0 Å². The topological polar surface area (TPSA) is 78.9 Å². The van der Waals surface area contributed by atoms with E-state index in [1.54, 1.807) is 4.90 Å². The number of hydrogen-bond donors (Lipinski definition) is 2. The van der Waals surface area contributed by atoms with Gasteiger partial charge >= 0.3 is 18.3 Å². The van der Waals surface area contributed by atoms with E-state index in [4.69, 9.17) is 14.6 Å². The number of carboxylic acids is 1. The van der Waals surface area contributed by atoms with Crippen LogP contribution < -0.4 is 10.1 Å². The summed E-state index contributed by atoms with van der Waals surface area (Å²) in [4.78, 5) is 22.8. The summed E-state index contributed by atoms with van der Waals surface area (Å²) in [5.74, 6) is -2.93. The first-order chi connectivity index (χ1) is 13.7. The number of nitrogens with zero attached hydrogens (tertiary/aromatic N) is 1. The number of halogens is 6. The van der Waals surface area contributed by atoms with E-state index in [2.05, 4.69) is 5.32 Å². The normalized spacial score (nSPS) is 16.5. The van der Waals surface area contributed by atoms with Crippen molar-refractivity contribution in [3.63, 3.8) is 0 Å². The van der Waals surface area contributed by atoms with Gasteiger partial charge in [0.05, 0.1) is 17.7 Å². The van der Waals surface area contributed by atoms with Crippen molar-refractivity contribution in [3.05, 3.63) is 29.8 Å². The van der Waals surface area contributed by atoms with E-state index in [0.29, 0.717) is 26.1 Å². The second-order valence-corrected chi connectivity index (χ2v) is 6.84. The number of aliphatic carboxylic acids is 1. The summed E-state index contributed by atoms with van der Waals surface area (Å²) in [7, 11) is 0. The third-order valence-electron chi connectivity index (χ3n) is 4.04. The number of carbonyl (C=O) groups excluding carboxylic acids is 1. The lowest BCUT2D eigenvalue weighted by molar-refractivity contribution is -0.192. The molecule has 1 amide bonds. The molecule has 2 rings (SSSR count). The number of carbonyl (C=O) groups is 2. The van der Waals surface area contributed by atoms with Crippen LogP contribution in [0.3, 0.4) is 0 Å². The van der Waals surface area contributed by atoms with Crippen molar-refractivity contribution >= 4 is 11.9 Å². The molecule has 12 heteroatoms. The maximum Gasteiger partial charge on any atom is 0.490 e. The molecule has 0 atom stereocenters. The Morgan fingerprint density at radius 3 is 2.30 bits per heavy atom. The molecule has 30 heavy (non-hydrogen) atoms. The molecule has 0 aliphatic carbocycles. The standard InChI is InChI=1S/C16H21F3N2O2.C2HF3O2/c1-15(2)14(22)21(10-8-20-15)9-5-11-23-13-7-4-3-6-12(13)16(17,18)19;3-2(4,5)1(6)7/h3-4,6-7,20H,5,8-11H2,1-2H3;(H,6,7). The molecule has 0 unspecified atom stereocenters. The van der Waals surface area contributed by atoms with Crippen molar-refractivity contribution in [2.45, 2.75) is 38.2 Å². The number of alkyl halides is 6. The molecular weight excluding hydrogens is 422 g/mol. The van der Waals surface area contributed by atoms with Gasteiger partial charge in [0.15, 0.2) is 0 Å². The van der Waals surface area contributed by atoms with Gasteiger partial charge in [-0.05, 0) is 32.4 Å². The average Bonchev–Trinajstić information content (AvgIpc) is 2.61. The second-order valence-electron chi connectivity index (χ2n) is 6.84. The van der Waals surface area contributed by atoms with Crippen LogP contribution in [-0.2, 0) is 15.8 Å². The van der Waals surface area contributed by atoms with Gasteiger partial charge in [-0.1, -0.05) is 12.1 Å². The number of benzene rings is 1. The Bertz CT molecular complexity index is 734. The van der Waals surface area contributed by atoms with Crippen LogP contribution in [-0.4, -0.2) is 59.8 Å². The highest BCUT2D eigenvalue weighted by Crippen LogP contribution is 2.35. The predicted molar refractivity (Wildman–Crippen MR) is 93.9 cm³/mol. The van der Waals surface area contributed by atoms with Crippen molar-refractivity contribution in [3.8, 4) is 5.75 Å². The SMILES string of the molecule is CC1(C)NCCN(CCCOc2ccccc2C(F)(F)F)C1=O.O=C(O)C(F)(F)F. The summed E-state index contributed by atoms with van der Waals surface area (Å²) in [6.45, 7) is 5.54. The summed E-state index contributed by atoms with van der Waals surface area (Å²) in [5.41, 5.74) is -1.37. The smallest absolute Gasteiger partial charge is 0.490 e. The minimum Gasteiger partial charge on any atom is -0.493 e. The second kappa shape index (κ2) is 10.0. The summed E-state index contributed by atoms with van der Waals surface area (Å²) >= 11 is 0. The molecule has 6 nitrogen and oxygen atoms in total. The van der Waals surface area contributed by atoms with Crippen molar-refractivity contribution in [2.75, 3.05) is 26.2 Å². The van der Waals surface area contributed by atoms with Crippen LogP contribution in [0.25, 0.3) is 0 Å². The summed E-state index contributed by atoms with van der Waals surface area (Å²) in [6, 6.07) is 5.14. The molecule has 1 aliphatic heterocycles. The highest BCUT2D eigenvalue weighted by molar-refractivity contribution is 5.86. The summed E-state index contributed by atoms with van der Waals surface area (Å²) < 4.78 is 75.5. The van der Waals surface area contributed by atoms with Crippen molar-refractivity contribution in [2.24, 2.45) is 0 Å². The number of nitrogens with one attached hydrogen (secondary N) is 1. The number of para-hydroxylation sites is 1. The Kier molecular flexibility index (Phi) is 8.52. The quantitative estimate of drug-likeness (QED) is 0.538. The Labute approximate surface area is 168 Å². The minimum absolute atomic E-state index is 0.000517. The molecule has 1 aliphatic rings. The van der Waals surface area contributed by atoms with Crippen LogP contribution in [0.15, 0.2) is 24.3 Å². The first-order valence-corrected chi connectivity index (χ1v) is 8.80. The van der Waals surface area contributed by atoms with Gasteiger partial charge in [-0.15, -0.1) is 0 Å². The average molecular weight is 444 g/mol. The van der Waals surface area contributed by atoms with Crippen molar-refractivity contribution in [1.29, 1.82) is 0 Å². The highest BCUT2D eigenvalue weighted by Gasteiger charge is 2.38. The zero-order valence-electron chi connectivity index (χ0n) is 16.2. The van der Waals surface area contributed by atoms with E-state index in [9.17, 15) is 31.1 Å². The molecule has 170 valence electrons. The Balaban J connectivity index is 0.000000553. The van der Waals surface area contributed by atoms with Gasteiger partial charge < -0.3 is 20.1 Å². The predicted octanol–water partition coefficient (Wildman–Crippen LogP) is 3.32. The van der Waals surface area contributed by atoms with Crippen LogP contribution in [0.1, 0.15) is 25.8 Å². The Morgan fingerprint density at radius 2 is 1.77 bits per heavy atom. The number of hydrogen-bond acceptors (Lipinski definition) is 4. The Morgan fingerprint density at radius 1 is 1.20 bits per heavy atom. The number of rotatable bonds is 5. The molecule has 1 fully saturated rings. The fraction of sp³-hybridized carbons (Fsp3) is 0.556. The zero-order chi connectivity index (χ0) is 23.2. The molecular formula is C18H22F6N2O4. The van der Waals surface area contributed by atoms with E-state index in [0.717, 1.165) is 6.07 Å². The van der Waals surface area contributed by atoms with Gasteiger partial charge in [0, 0.05) is 19.6 Å². The maximum absolute atomic E-state index is 12.8. The number of ether oxygens (including phenoxy) is 1. The van der Waals surface area contributed by atoms with Crippen LogP contribution in [0.2, 0.25) is 0 Å². The number of piperazine rings is 1.